The van der Waals surface area contributed by atoms with Crippen LogP contribution in [0.1, 0.15) is 23.2 Å². The molecule has 1 aliphatic rings. The molecule has 0 spiro atoms. The van der Waals surface area contributed by atoms with Crippen molar-refractivity contribution < 1.29 is 13.2 Å². The average Bonchev–Trinajstić information content (AvgIpc) is 2.80. The van der Waals surface area contributed by atoms with E-state index < -0.39 is 9.05 Å². The van der Waals surface area contributed by atoms with Gasteiger partial charge in [0.25, 0.3) is 15.0 Å². The molecule has 0 aromatic heterocycles. The summed E-state index contributed by atoms with van der Waals surface area (Å²) in [5, 5.41) is 0.232. The van der Waals surface area contributed by atoms with E-state index in [4.69, 9.17) is 22.3 Å². The Hall–Kier alpha value is -0.780. The predicted octanol–water partition coefficient (Wildman–Crippen LogP) is 2.50. The molecule has 2 rings (SSSR count). The van der Waals surface area contributed by atoms with Gasteiger partial charge in [-0.15, -0.1) is 0 Å². The minimum atomic E-state index is -3.86. The lowest BCUT2D eigenvalue weighted by atomic mass is 10.2. The Balaban J connectivity index is 2.40. The van der Waals surface area contributed by atoms with Crippen LogP contribution in [0.5, 0.6) is 0 Å². The van der Waals surface area contributed by atoms with Gasteiger partial charge in [0.1, 0.15) is 0 Å². The number of hydrogen-bond acceptors (Lipinski definition) is 3. The molecule has 1 aliphatic heterocycles. The fraction of sp³-hybridized carbons (Fsp3) is 0.364. The summed E-state index contributed by atoms with van der Waals surface area (Å²) in [6, 6.07) is 3.89. The Morgan fingerprint density at radius 2 is 1.83 bits per heavy atom. The third-order valence-corrected chi connectivity index (χ3v) is 4.52. The van der Waals surface area contributed by atoms with Crippen molar-refractivity contribution in [1.82, 2.24) is 4.90 Å². The molecule has 98 valence electrons. The van der Waals surface area contributed by atoms with E-state index in [0.29, 0.717) is 13.1 Å². The van der Waals surface area contributed by atoms with Crippen LogP contribution in [0.15, 0.2) is 23.1 Å². The minimum Gasteiger partial charge on any atom is -0.339 e. The smallest absolute Gasteiger partial charge is 0.261 e. The Morgan fingerprint density at radius 3 is 2.39 bits per heavy atom. The fourth-order valence-electron chi connectivity index (χ4n) is 1.91. The second-order valence-electron chi connectivity index (χ2n) is 4.08. The monoisotopic (exact) mass is 307 g/mol. The van der Waals surface area contributed by atoms with Crippen LogP contribution in [-0.4, -0.2) is 32.3 Å². The van der Waals surface area contributed by atoms with Crippen LogP contribution in [0.25, 0.3) is 0 Å². The van der Waals surface area contributed by atoms with Gasteiger partial charge in [-0.25, -0.2) is 8.42 Å². The van der Waals surface area contributed by atoms with Gasteiger partial charge in [0.2, 0.25) is 0 Å². The van der Waals surface area contributed by atoms with Crippen LogP contribution >= 0.6 is 22.3 Å². The largest absolute Gasteiger partial charge is 0.339 e. The lowest BCUT2D eigenvalue weighted by Gasteiger charge is -2.16. The van der Waals surface area contributed by atoms with Gasteiger partial charge in [-0.3, -0.25) is 4.79 Å². The number of carbonyl (C=O) groups is 1. The molecule has 1 amide bonds. The molecule has 7 heteroatoms. The summed E-state index contributed by atoms with van der Waals surface area (Å²) < 4.78 is 22.5. The van der Waals surface area contributed by atoms with Gasteiger partial charge >= 0.3 is 0 Å². The lowest BCUT2D eigenvalue weighted by Crippen LogP contribution is -2.27. The third kappa shape index (κ3) is 2.79. The third-order valence-electron chi connectivity index (χ3n) is 2.84. The van der Waals surface area contributed by atoms with E-state index >= 15 is 0 Å². The molecule has 1 saturated heterocycles. The summed E-state index contributed by atoms with van der Waals surface area (Å²) in [4.78, 5) is 13.7. The molecule has 18 heavy (non-hydrogen) atoms. The number of benzene rings is 1. The van der Waals surface area contributed by atoms with Crippen LogP contribution in [0.3, 0.4) is 0 Å². The van der Waals surface area contributed by atoms with Crippen molar-refractivity contribution in [1.29, 1.82) is 0 Å². The van der Waals surface area contributed by atoms with E-state index in [1.165, 1.54) is 18.2 Å². The number of amides is 1. The zero-order chi connectivity index (χ0) is 13.3. The topological polar surface area (TPSA) is 54.5 Å². The van der Waals surface area contributed by atoms with Gasteiger partial charge in [0, 0.05) is 23.8 Å². The first-order chi connectivity index (χ1) is 8.39. The molecular weight excluding hydrogens is 297 g/mol. The highest BCUT2D eigenvalue weighted by molar-refractivity contribution is 8.13. The van der Waals surface area contributed by atoms with Crippen molar-refractivity contribution in [3.05, 3.63) is 28.8 Å². The summed E-state index contributed by atoms with van der Waals surface area (Å²) in [6.45, 7) is 1.35. The predicted molar refractivity (Wildman–Crippen MR) is 69.6 cm³/mol. The standard InChI is InChI=1S/C11H11Cl2NO3S/c12-10-4-3-8(18(13,16)17)7-9(10)11(15)14-5-1-2-6-14/h3-4,7H,1-2,5-6H2. The van der Waals surface area contributed by atoms with Crippen LogP contribution in [0.4, 0.5) is 0 Å². The van der Waals surface area contributed by atoms with Gasteiger partial charge < -0.3 is 4.90 Å². The zero-order valence-corrected chi connectivity index (χ0v) is 11.7. The number of carbonyl (C=O) groups excluding carboxylic acids is 1. The molecule has 0 aliphatic carbocycles. The Bertz CT molecular complexity index is 580. The number of nitrogens with zero attached hydrogens (tertiary/aromatic N) is 1. The first kappa shape index (κ1) is 13.6. The molecule has 0 radical (unpaired) electrons. The van der Waals surface area contributed by atoms with Crippen LogP contribution in [0.2, 0.25) is 5.02 Å². The van der Waals surface area contributed by atoms with Crippen molar-refractivity contribution in [3.8, 4) is 0 Å². The first-order valence-corrected chi connectivity index (χ1v) is 8.12. The molecular formula is C11H11Cl2NO3S. The normalized spacial score (nSPS) is 16.0. The van der Waals surface area contributed by atoms with E-state index in [1.807, 2.05) is 0 Å². The van der Waals surface area contributed by atoms with Gasteiger partial charge in [-0.2, -0.15) is 0 Å². The molecule has 1 aromatic carbocycles. The summed E-state index contributed by atoms with van der Waals surface area (Å²) in [7, 11) is 1.40. The second-order valence-corrected chi connectivity index (χ2v) is 7.05. The highest BCUT2D eigenvalue weighted by Gasteiger charge is 2.23. The Kier molecular flexibility index (Phi) is 3.84. The van der Waals surface area contributed by atoms with Gasteiger partial charge in [0.05, 0.1) is 15.5 Å². The maximum atomic E-state index is 12.2. The summed E-state index contributed by atoms with van der Waals surface area (Å²) in [5.41, 5.74) is 0.181. The van der Waals surface area contributed by atoms with Crippen LogP contribution < -0.4 is 0 Å². The minimum absolute atomic E-state index is 0.115. The van der Waals surface area contributed by atoms with Gasteiger partial charge in [0.15, 0.2) is 0 Å². The fourth-order valence-corrected chi connectivity index (χ4v) is 2.89. The number of halogens is 2. The van der Waals surface area contributed by atoms with E-state index in [0.717, 1.165) is 12.8 Å². The SMILES string of the molecule is O=C(c1cc(S(=O)(=O)Cl)ccc1Cl)N1CCCC1. The maximum Gasteiger partial charge on any atom is 0.261 e. The Morgan fingerprint density at radius 1 is 1.22 bits per heavy atom. The summed E-state index contributed by atoms with van der Waals surface area (Å²) in [6.07, 6.45) is 1.91. The van der Waals surface area contributed by atoms with Crippen LogP contribution in [-0.2, 0) is 9.05 Å². The first-order valence-electron chi connectivity index (χ1n) is 5.43. The van der Waals surface area contributed by atoms with E-state index in [9.17, 15) is 13.2 Å². The second kappa shape index (κ2) is 5.07. The van der Waals surface area contributed by atoms with Crippen molar-refractivity contribution in [2.45, 2.75) is 17.7 Å². The van der Waals surface area contributed by atoms with Crippen molar-refractivity contribution in [2.24, 2.45) is 0 Å². The molecule has 4 nitrogen and oxygen atoms in total. The van der Waals surface area contributed by atoms with E-state index in [2.05, 4.69) is 0 Å². The number of hydrogen-bond donors (Lipinski definition) is 0. The maximum absolute atomic E-state index is 12.2. The highest BCUT2D eigenvalue weighted by Crippen LogP contribution is 2.25. The van der Waals surface area contributed by atoms with Gasteiger partial charge in [-0.1, -0.05) is 11.6 Å². The van der Waals surface area contributed by atoms with E-state index in [-0.39, 0.29) is 21.4 Å². The Labute approximate surface area is 115 Å². The van der Waals surface area contributed by atoms with Crippen LogP contribution in [0, 0.1) is 0 Å². The van der Waals surface area contributed by atoms with Gasteiger partial charge in [-0.05, 0) is 31.0 Å². The number of likely N-dealkylation sites (tertiary alicyclic amines) is 1. The quantitative estimate of drug-likeness (QED) is 0.789. The molecule has 0 saturated carbocycles. The molecule has 1 fully saturated rings. The van der Waals surface area contributed by atoms with Crippen molar-refractivity contribution in [3.63, 3.8) is 0 Å². The van der Waals surface area contributed by atoms with Crippen molar-refractivity contribution >= 4 is 37.2 Å². The van der Waals surface area contributed by atoms with E-state index in [1.54, 1.807) is 4.90 Å². The highest BCUT2D eigenvalue weighted by atomic mass is 35.7. The molecule has 0 bridgehead atoms. The lowest BCUT2D eigenvalue weighted by molar-refractivity contribution is 0.0793. The zero-order valence-electron chi connectivity index (χ0n) is 9.40. The summed E-state index contributed by atoms with van der Waals surface area (Å²) >= 11 is 5.93. The molecule has 0 unspecified atom stereocenters. The molecule has 1 heterocycles. The number of rotatable bonds is 2. The van der Waals surface area contributed by atoms with Crippen molar-refractivity contribution in [2.75, 3.05) is 13.1 Å². The average molecular weight is 308 g/mol. The molecule has 1 aromatic rings. The molecule has 0 N–H and O–H groups in total. The summed E-state index contributed by atoms with van der Waals surface area (Å²) in [5.74, 6) is -0.250. The molecule has 0 atom stereocenters.